The second-order valence-electron chi connectivity index (χ2n) is 4.62. The lowest BCUT2D eigenvalue weighted by Crippen LogP contribution is -2.18. The molecule has 0 amide bonds. The first kappa shape index (κ1) is 9.89. The maximum Gasteiger partial charge on any atom is 0.161 e. The van der Waals surface area contributed by atoms with E-state index in [9.17, 15) is 0 Å². The van der Waals surface area contributed by atoms with Crippen LogP contribution in [0, 0.1) is 0 Å². The second-order valence-corrected chi connectivity index (χ2v) is 4.62. The van der Waals surface area contributed by atoms with Crippen molar-refractivity contribution in [3.05, 3.63) is 24.4 Å². The van der Waals surface area contributed by atoms with Crippen molar-refractivity contribution in [2.75, 3.05) is 0 Å². The molecule has 0 saturated carbocycles. The minimum absolute atomic E-state index is 0.0337. The van der Waals surface area contributed by atoms with Crippen LogP contribution in [0.4, 0.5) is 0 Å². The van der Waals surface area contributed by atoms with Crippen LogP contribution in [0.15, 0.2) is 18.6 Å². The molecule has 0 aromatic carbocycles. The van der Waals surface area contributed by atoms with Crippen molar-refractivity contribution < 1.29 is 0 Å². The molecule has 5 heteroatoms. The maximum absolute atomic E-state index is 4.33. The summed E-state index contributed by atoms with van der Waals surface area (Å²) in [5.41, 5.74) is -0.0337. The fourth-order valence-electron chi connectivity index (χ4n) is 1.45. The van der Waals surface area contributed by atoms with Gasteiger partial charge in [0.25, 0.3) is 0 Å². The van der Waals surface area contributed by atoms with Gasteiger partial charge in [-0.15, -0.1) is 10.2 Å². The molecule has 0 fully saturated rings. The molecule has 80 valence electrons. The SMILES string of the molecule is Cn1ccc(-n2cnnc2C(C)(C)C)n1. The van der Waals surface area contributed by atoms with Crippen molar-refractivity contribution >= 4 is 0 Å². The van der Waals surface area contributed by atoms with Crippen LogP contribution in [0.5, 0.6) is 0 Å². The third kappa shape index (κ3) is 1.77. The Labute approximate surface area is 88.7 Å². The van der Waals surface area contributed by atoms with Gasteiger partial charge < -0.3 is 0 Å². The standard InChI is InChI=1S/C10H15N5/c1-10(2,3)9-12-11-7-15(9)8-5-6-14(4)13-8/h5-7H,1-4H3. The van der Waals surface area contributed by atoms with Crippen molar-refractivity contribution in [1.29, 1.82) is 0 Å². The average molecular weight is 205 g/mol. The molecular weight excluding hydrogens is 190 g/mol. The maximum atomic E-state index is 4.33. The van der Waals surface area contributed by atoms with Crippen LogP contribution in [-0.4, -0.2) is 24.5 Å². The van der Waals surface area contributed by atoms with E-state index in [-0.39, 0.29) is 5.41 Å². The Balaban J connectivity index is 2.50. The summed E-state index contributed by atoms with van der Waals surface area (Å²) in [5, 5.41) is 12.4. The molecule has 2 aromatic heterocycles. The molecule has 0 unspecified atom stereocenters. The molecule has 0 atom stereocenters. The van der Waals surface area contributed by atoms with Crippen LogP contribution in [0.3, 0.4) is 0 Å². The normalized spacial score (nSPS) is 12.0. The van der Waals surface area contributed by atoms with Gasteiger partial charge in [-0.05, 0) is 0 Å². The molecule has 5 nitrogen and oxygen atoms in total. The Bertz CT molecular complexity index is 460. The van der Waals surface area contributed by atoms with Crippen molar-refractivity contribution in [3.63, 3.8) is 0 Å². The zero-order valence-electron chi connectivity index (χ0n) is 9.47. The van der Waals surface area contributed by atoms with Crippen molar-refractivity contribution in [2.45, 2.75) is 26.2 Å². The summed E-state index contributed by atoms with van der Waals surface area (Å²) in [6, 6.07) is 1.94. The number of rotatable bonds is 1. The molecule has 2 heterocycles. The molecule has 0 saturated heterocycles. The fraction of sp³-hybridized carbons (Fsp3) is 0.500. The van der Waals surface area contributed by atoms with Gasteiger partial charge in [0.2, 0.25) is 0 Å². The van der Waals surface area contributed by atoms with Crippen LogP contribution in [0.25, 0.3) is 5.82 Å². The molecular formula is C10H15N5. The van der Waals surface area contributed by atoms with E-state index >= 15 is 0 Å². The topological polar surface area (TPSA) is 48.5 Å². The van der Waals surface area contributed by atoms with Crippen LogP contribution < -0.4 is 0 Å². The van der Waals surface area contributed by atoms with Crippen LogP contribution >= 0.6 is 0 Å². The Hall–Kier alpha value is -1.65. The van der Waals surface area contributed by atoms with Gasteiger partial charge in [0, 0.05) is 24.7 Å². The second kappa shape index (κ2) is 3.18. The number of aryl methyl sites for hydroxylation is 1. The average Bonchev–Trinajstić information content (AvgIpc) is 2.68. The lowest BCUT2D eigenvalue weighted by atomic mass is 9.96. The third-order valence-corrected chi connectivity index (χ3v) is 2.16. The molecule has 2 rings (SSSR count). The van der Waals surface area contributed by atoms with E-state index in [4.69, 9.17) is 0 Å². The molecule has 15 heavy (non-hydrogen) atoms. The molecule has 0 aliphatic heterocycles. The Morgan fingerprint density at radius 1 is 1.27 bits per heavy atom. The summed E-state index contributed by atoms with van der Waals surface area (Å²) >= 11 is 0. The predicted molar refractivity (Wildman–Crippen MR) is 56.8 cm³/mol. The molecule has 0 spiro atoms. The number of hydrogen-bond donors (Lipinski definition) is 0. The Morgan fingerprint density at radius 2 is 2.00 bits per heavy atom. The summed E-state index contributed by atoms with van der Waals surface area (Å²) in [7, 11) is 1.89. The van der Waals surface area contributed by atoms with E-state index in [1.165, 1.54) is 0 Å². The van der Waals surface area contributed by atoms with E-state index in [2.05, 4.69) is 36.1 Å². The summed E-state index contributed by atoms with van der Waals surface area (Å²) in [5.74, 6) is 1.77. The van der Waals surface area contributed by atoms with Crippen LogP contribution in [0.2, 0.25) is 0 Å². The molecule has 0 radical (unpaired) electrons. The van der Waals surface area contributed by atoms with Gasteiger partial charge in [0.05, 0.1) is 0 Å². The van der Waals surface area contributed by atoms with Crippen molar-refractivity contribution in [3.8, 4) is 5.82 Å². The highest BCUT2D eigenvalue weighted by Crippen LogP contribution is 2.21. The van der Waals surface area contributed by atoms with E-state index in [1.807, 2.05) is 23.9 Å². The van der Waals surface area contributed by atoms with Crippen molar-refractivity contribution in [2.24, 2.45) is 7.05 Å². The highest BCUT2D eigenvalue weighted by atomic mass is 15.3. The van der Waals surface area contributed by atoms with Crippen LogP contribution in [0.1, 0.15) is 26.6 Å². The monoisotopic (exact) mass is 205 g/mol. The minimum atomic E-state index is -0.0337. The van der Waals surface area contributed by atoms with Gasteiger partial charge in [0.1, 0.15) is 12.2 Å². The minimum Gasteiger partial charge on any atom is -0.274 e. The lowest BCUT2D eigenvalue weighted by molar-refractivity contribution is 0.530. The fourth-order valence-corrected chi connectivity index (χ4v) is 1.45. The van der Waals surface area contributed by atoms with E-state index in [0.29, 0.717) is 0 Å². The van der Waals surface area contributed by atoms with Gasteiger partial charge in [0.15, 0.2) is 5.82 Å². The molecule has 0 aliphatic carbocycles. The summed E-state index contributed by atoms with van der Waals surface area (Å²) in [4.78, 5) is 0. The van der Waals surface area contributed by atoms with E-state index < -0.39 is 0 Å². The molecule has 0 bridgehead atoms. The van der Waals surface area contributed by atoms with E-state index in [0.717, 1.165) is 11.6 Å². The first-order valence-corrected chi connectivity index (χ1v) is 4.89. The van der Waals surface area contributed by atoms with Crippen LogP contribution in [-0.2, 0) is 12.5 Å². The van der Waals surface area contributed by atoms with Gasteiger partial charge in [-0.1, -0.05) is 20.8 Å². The third-order valence-electron chi connectivity index (χ3n) is 2.16. The predicted octanol–water partition coefficient (Wildman–Crippen LogP) is 1.30. The zero-order valence-corrected chi connectivity index (χ0v) is 9.47. The Morgan fingerprint density at radius 3 is 2.53 bits per heavy atom. The zero-order chi connectivity index (χ0) is 11.1. The summed E-state index contributed by atoms with van der Waals surface area (Å²) in [6.07, 6.45) is 3.60. The summed E-state index contributed by atoms with van der Waals surface area (Å²) in [6.45, 7) is 6.32. The molecule has 0 N–H and O–H groups in total. The quantitative estimate of drug-likeness (QED) is 0.705. The largest absolute Gasteiger partial charge is 0.274 e. The van der Waals surface area contributed by atoms with Gasteiger partial charge in [-0.3, -0.25) is 9.25 Å². The first-order valence-electron chi connectivity index (χ1n) is 4.89. The number of aromatic nitrogens is 5. The highest BCUT2D eigenvalue weighted by molar-refractivity contribution is 5.23. The van der Waals surface area contributed by atoms with Crippen molar-refractivity contribution in [1.82, 2.24) is 24.5 Å². The highest BCUT2D eigenvalue weighted by Gasteiger charge is 2.22. The Kier molecular flexibility index (Phi) is 2.10. The van der Waals surface area contributed by atoms with Gasteiger partial charge in [-0.2, -0.15) is 5.10 Å². The smallest absolute Gasteiger partial charge is 0.161 e. The van der Waals surface area contributed by atoms with Gasteiger partial charge >= 0.3 is 0 Å². The lowest BCUT2D eigenvalue weighted by Gasteiger charge is -2.17. The first-order chi connectivity index (χ1) is 6.98. The van der Waals surface area contributed by atoms with Gasteiger partial charge in [-0.25, -0.2) is 0 Å². The summed E-state index contributed by atoms with van der Waals surface area (Å²) < 4.78 is 3.68. The molecule has 2 aromatic rings. The van der Waals surface area contributed by atoms with E-state index in [1.54, 1.807) is 11.0 Å². The molecule has 0 aliphatic rings. The number of hydrogen-bond acceptors (Lipinski definition) is 3. The number of nitrogens with zero attached hydrogens (tertiary/aromatic N) is 5.